The van der Waals surface area contributed by atoms with Gasteiger partial charge in [0.15, 0.2) is 0 Å². The van der Waals surface area contributed by atoms with Gasteiger partial charge in [0.05, 0.1) is 0 Å². The molecule has 18 heavy (non-hydrogen) atoms. The summed E-state index contributed by atoms with van der Waals surface area (Å²) < 4.78 is 0. The van der Waals surface area contributed by atoms with E-state index in [1.54, 1.807) is 0 Å². The van der Waals surface area contributed by atoms with Crippen molar-refractivity contribution in [3.63, 3.8) is 0 Å². The van der Waals surface area contributed by atoms with Gasteiger partial charge < -0.3 is 16.3 Å². The van der Waals surface area contributed by atoms with Crippen molar-refractivity contribution in [1.82, 2.24) is 0 Å². The van der Waals surface area contributed by atoms with Crippen LogP contribution < -0.4 is 11.1 Å². The molecule has 0 aliphatic heterocycles. The SMILES string of the molecule is Cc1cc(C)cc(NCCC(C)(C)C(N)=NO)c1. The second kappa shape index (κ2) is 5.76. The molecule has 1 rings (SSSR count). The summed E-state index contributed by atoms with van der Waals surface area (Å²) in [5.41, 5.74) is 8.95. The minimum Gasteiger partial charge on any atom is -0.409 e. The van der Waals surface area contributed by atoms with Crippen LogP contribution in [0.2, 0.25) is 0 Å². The van der Waals surface area contributed by atoms with Gasteiger partial charge in [0.1, 0.15) is 5.84 Å². The highest BCUT2D eigenvalue weighted by molar-refractivity contribution is 5.85. The van der Waals surface area contributed by atoms with Crippen LogP contribution in [0, 0.1) is 19.3 Å². The van der Waals surface area contributed by atoms with Crippen LogP contribution in [-0.2, 0) is 0 Å². The first-order valence-corrected chi connectivity index (χ1v) is 6.15. The molecular weight excluding hydrogens is 226 g/mol. The Morgan fingerprint density at radius 2 is 1.83 bits per heavy atom. The maximum Gasteiger partial charge on any atom is 0.144 e. The molecule has 0 atom stereocenters. The summed E-state index contributed by atoms with van der Waals surface area (Å²) >= 11 is 0. The summed E-state index contributed by atoms with van der Waals surface area (Å²) in [5.74, 6) is 0.268. The van der Waals surface area contributed by atoms with Crippen LogP contribution >= 0.6 is 0 Å². The second-order valence-corrected chi connectivity index (χ2v) is 5.42. The molecule has 0 radical (unpaired) electrons. The van der Waals surface area contributed by atoms with Crippen molar-refractivity contribution in [2.75, 3.05) is 11.9 Å². The van der Waals surface area contributed by atoms with Gasteiger partial charge in [0, 0.05) is 17.6 Å². The quantitative estimate of drug-likeness (QED) is 0.325. The standard InChI is InChI=1S/C14H23N3O/c1-10-7-11(2)9-12(8-10)16-6-5-14(3,4)13(15)17-18/h7-9,16,18H,5-6H2,1-4H3,(H2,15,17). The van der Waals surface area contributed by atoms with E-state index in [1.165, 1.54) is 11.1 Å². The lowest BCUT2D eigenvalue weighted by Gasteiger charge is -2.23. The first-order chi connectivity index (χ1) is 8.35. The third kappa shape index (κ3) is 3.95. The number of benzene rings is 1. The molecular formula is C14H23N3O. The van der Waals surface area contributed by atoms with Crippen LogP contribution in [0.3, 0.4) is 0 Å². The zero-order valence-corrected chi connectivity index (χ0v) is 11.6. The highest BCUT2D eigenvalue weighted by Gasteiger charge is 2.22. The smallest absolute Gasteiger partial charge is 0.144 e. The van der Waals surface area contributed by atoms with Crippen molar-refractivity contribution >= 4 is 11.5 Å². The fourth-order valence-corrected chi connectivity index (χ4v) is 1.86. The highest BCUT2D eigenvalue weighted by atomic mass is 16.4. The van der Waals surface area contributed by atoms with Crippen molar-refractivity contribution in [3.05, 3.63) is 29.3 Å². The monoisotopic (exact) mass is 249 g/mol. The molecule has 0 spiro atoms. The lowest BCUT2D eigenvalue weighted by molar-refractivity contribution is 0.306. The Hall–Kier alpha value is -1.71. The zero-order valence-electron chi connectivity index (χ0n) is 11.6. The Labute approximate surface area is 109 Å². The van der Waals surface area contributed by atoms with E-state index in [2.05, 4.69) is 42.5 Å². The Bertz CT molecular complexity index is 418. The molecule has 0 saturated carbocycles. The number of hydrogen-bond acceptors (Lipinski definition) is 3. The third-order valence-electron chi connectivity index (χ3n) is 3.10. The van der Waals surface area contributed by atoms with Crippen LogP contribution in [0.1, 0.15) is 31.4 Å². The number of rotatable bonds is 5. The minimum atomic E-state index is -0.305. The molecule has 0 saturated heterocycles. The molecule has 0 aliphatic carbocycles. The molecule has 0 amide bonds. The van der Waals surface area contributed by atoms with E-state index in [4.69, 9.17) is 10.9 Å². The summed E-state index contributed by atoms with van der Waals surface area (Å²) in [6.45, 7) is 8.87. The number of anilines is 1. The summed E-state index contributed by atoms with van der Waals surface area (Å²) in [6.07, 6.45) is 0.801. The third-order valence-corrected chi connectivity index (χ3v) is 3.10. The normalized spacial score (nSPS) is 12.6. The second-order valence-electron chi connectivity index (χ2n) is 5.42. The molecule has 0 aliphatic rings. The number of hydrogen-bond donors (Lipinski definition) is 3. The first kappa shape index (κ1) is 14.4. The molecule has 0 heterocycles. The number of amidine groups is 1. The predicted octanol–water partition coefficient (Wildman–Crippen LogP) is 2.88. The molecule has 4 N–H and O–H groups in total. The van der Waals surface area contributed by atoms with E-state index >= 15 is 0 Å². The van der Waals surface area contributed by atoms with Crippen LogP contribution in [0.15, 0.2) is 23.4 Å². The summed E-state index contributed by atoms with van der Waals surface area (Å²) in [7, 11) is 0. The van der Waals surface area contributed by atoms with Crippen molar-refractivity contribution in [2.24, 2.45) is 16.3 Å². The van der Waals surface area contributed by atoms with Crippen molar-refractivity contribution in [2.45, 2.75) is 34.1 Å². The maximum absolute atomic E-state index is 8.70. The van der Waals surface area contributed by atoms with E-state index < -0.39 is 0 Å². The summed E-state index contributed by atoms with van der Waals surface area (Å²) in [4.78, 5) is 0. The van der Waals surface area contributed by atoms with Gasteiger partial charge in [0.2, 0.25) is 0 Å². The topological polar surface area (TPSA) is 70.6 Å². The van der Waals surface area contributed by atoms with Gasteiger partial charge in [-0.25, -0.2) is 0 Å². The molecule has 0 bridgehead atoms. The number of nitrogens with one attached hydrogen (secondary N) is 1. The molecule has 0 fully saturated rings. The molecule has 4 nitrogen and oxygen atoms in total. The van der Waals surface area contributed by atoms with Crippen molar-refractivity contribution < 1.29 is 5.21 Å². The van der Waals surface area contributed by atoms with E-state index in [0.717, 1.165) is 18.7 Å². The average molecular weight is 249 g/mol. The Morgan fingerprint density at radius 3 is 2.33 bits per heavy atom. The van der Waals surface area contributed by atoms with Gasteiger partial charge in [-0.3, -0.25) is 0 Å². The van der Waals surface area contributed by atoms with Gasteiger partial charge in [-0.15, -0.1) is 0 Å². The van der Waals surface area contributed by atoms with E-state index in [0.29, 0.717) is 0 Å². The van der Waals surface area contributed by atoms with Crippen LogP contribution in [0.4, 0.5) is 5.69 Å². The number of aryl methyl sites for hydroxylation is 2. The molecule has 4 heteroatoms. The molecule has 1 aromatic carbocycles. The van der Waals surface area contributed by atoms with Gasteiger partial charge in [-0.1, -0.05) is 25.1 Å². The van der Waals surface area contributed by atoms with E-state index in [1.807, 2.05) is 13.8 Å². The van der Waals surface area contributed by atoms with Crippen LogP contribution in [-0.4, -0.2) is 17.6 Å². The van der Waals surface area contributed by atoms with E-state index in [-0.39, 0.29) is 11.3 Å². The first-order valence-electron chi connectivity index (χ1n) is 6.15. The van der Waals surface area contributed by atoms with Crippen LogP contribution in [0.5, 0.6) is 0 Å². The van der Waals surface area contributed by atoms with E-state index in [9.17, 15) is 0 Å². The summed E-state index contributed by atoms with van der Waals surface area (Å²) in [6, 6.07) is 6.37. The molecule has 1 aromatic rings. The van der Waals surface area contributed by atoms with Gasteiger partial charge in [0.25, 0.3) is 0 Å². The van der Waals surface area contributed by atoms with Gasteiger partial charge >= 0.3 is 0 Å². The Morgan fingerprint density at radius 1 is 1.28 bits per heavy atom. The van der Waals surface area contributed by atoms with Crippen molar-refractivity contribution in [1.29, 1.82) is 0 Å². The number of oxime groups is 1. The fourth-order valence-electron chi connectivity index (χ4n) is 1.86. The Kier molecular flexibility index (Phi) is 4.59. The lowest BCUT2D eigenvalue weighted by Crippen LogP contribution is -2.33. The summed E-state index contributed by atoms with van der Waals surface area (Å²) in [5, 5.41) is 15.2. The van der Waals surface area contributed by atoms with Gasteiger partial charge in [-0.05, 0) is 43.5 Å². The Balaban J connectivity index is 2.56. The lowest BCUT2D eigenvalue weighted by atomic mass is 9.88. The average Bonchev–Trinajstić information content (AvgIpc) is 2.26. The molecule has 100 valence electrons. The molecule has 0 unspecified atom stereocenters. The highest BCUT2D eigenvalue weighted by Crippen LogP contribution is 2.21. The molecule has 0 aromatic heterocycles. The van der Waals surface area contributed by atoms with Crippen LogP contribution in [0.25, 0.3) is 0 Å². The predicted molar refractivity (Wildman–Crippen MR) is 76.2 cm³/mol. The largest absolute Gasteiger partial charge is 0.409 e. The number of nitrogens with zero attached hydrogens (tertiary/aromatic N) is 1. The minimum absolute atomic E-state index is 0.268. The zero-order chi connectivity index (χ0) is 13.8. The van der Waals surface area contributed by atoms with Crippen molar-refractivity contribution in [3.8, 4) is 0 Å². The van der Waals surface area contributed by atoms with Gasteiger partial charge in [-0.2, -0.15) is 0 Å². The fraction of sp³-hybridized carbons (Fsp3) is 0.500. The maximum atomic E-state index is 8.70. The number of nitrogens with two attached hydrogens (primary N) is 1.